The summed E-state index contributed by atoms with van der Waals surface area (Å²) in [4.78, 5) is 35.5. The normalized spacial score (nSPS) is 18.7. The quantitative estimate of drug-likeness (QED) is 0.153. The third-order valence-electron chi connectivity index (χ3n) is 8.97. The number of likely N-dealkylation sites (tertiary alicyclic amines) is 1. The zero-order valence-electron chi connectivity index (χ0n) is 27.8. The van der Waals surface area contributed by atoms with Crippen LogP contribution in [0.3, 0.4) is 0 Å². The maximum Gasteiger partial charge on any atom is 0.254 e. The van der Waals surface area contributed by atoms with Crippen molar-refractivity contribution >= 4 is 47.4 Å². The molecule has 1 aliphatic rings. The van der Waals surface area contributed by atoms with Gasteiger partial charge in [0.25, 0.3) is 5.88 Å². The Bertz CT molecular complexity index is 1450. The number of alkyl halides is 1. The number of hydrogen-bond donors (Lipinski definition) is 1. The Morgan fingerprint density at radius 2 is 1.89 bits per heavy atom. The summed E-state index contributed by atoms with van der Waals surface area (Å²) in [6, 6.07) is 8.95. The average Bonchev–Trinajstić information content (AvgIpc) is 3.71. The van der Waals surface area contributed by atoms with Gasteiger partial charge in [-0.15, -0.1) is 11.3 Å². The van der Waals surface area contributed by atoms with E-state index in [4.69, 9.17) is 13.7 Å². The second-order valence-corrected chi connectivity index (χ2v) is 20.1. The monoisotopic (exact) mass is 718 g/mol. The van der Waals surface area contributed by atoms with Crippen LogP contribution >= 0.6 is 27.3 Å². The smallest absolute Gasteiger partial charge is 0.254 e. The van der Waals surface area contributed by atoms with Gasteiger partial charge in [-0.1, -0.05) is 74.8 Å². The lowest BCUT2D eigenvalue weighted by Gasteiger charge is -2.38. The predicted octanol–water partition coefficient (Wildman–Crippen LogP) is 7.49. The van der Waals surface area contributed by atoms with Crippen molar-refractivity contribution < 1.29 is 23.3 Å². The minimum atomic E-state index is -2.16. The number of thiazole rings is 1. The number of aromatic nitrogens is 2. The van der Waals surface area contributed by atoms with E-state index in [2.05, 4.69) is 77.4 Å². The highest BCUT2D eigenvalue weighted by molar-refractivity contribution is 9.09. The van der Waals surface area contributed by atoms with Gasteiger partial charge in [0, 0.05) is 24.4 Å². The van der Waals surface area contributed by atoms with Crippen molar-refractivity contribution in [3.8, 4) is 16.3 Å². The van der Waals surface area contributed by atoms with Crippen LogP contribution in [-0.2, 0) is 14.0 Å². The molecule has 9 nitrogen and oxygen atoms in total. The highest BCUT2D eigenvalue weighted by atomic mass is 79.9. The Morgan fingerprint density at radius 1 is 1.20 bits per heavy atom. The summed E-state index contributed by atoms with van der Waals surface area (Å²) in [5.74, 6) is -0.327. The van der Waals surface area contributed by atoms with Gasteiger partial charge in [0.15, 0.2) is 14.1 Å². The van der Waals surface area contributed by atoms with Gasteiger partial charge < -0.3 is 23.9 Å². The fraction of sp³-hybridized carbons (Fsp3) is 0.576. The van der Waals surface area contributed by atoms with E-state index in [9.17, 15) is 9.59 Å². The lowest BCUT2D eigenvalue weighted by molar-refractivity contribution is -0.141. The zero-order chi connectivity index (χ0) is 33.1. The SMILES string of the molecule is Cc1ncsc1-c1ccc([C@H](C)NC(=O)[C@@H]2CC(O[Si](C)(C)C(C)(C)C)CN2C(=O)[C@@H](c2cc(OCCBr)no2)C(C)C)cc1. The van der Waals surface area contributed by atoms with Gasteiger partial charge in [0.05, 0.1) is 34.8 Å². The van der Waals surface area contributed by atoms with Crippen molar-refractivity contribution in [2.24, 2.45) is 5.92 Å². The summed E-state index contributed by atoms with van der Waals surface area (Å²) in [6.07, 6.45) is 0.185. The highest BCUT2D eigenvalue weighted by Gasteiger charge is 2.47. The number of benzene rings is 1. The Balaban J connectivity index is 1.57. The topological polar surface area (TPSA) is 107 Å². The van der Waals surface area contributed by atoms with Crippen LogP contribution in [0.2, 0.25) is 18.1 Å². The molecule has 1 saturated heterocycles. The summed E-state index contributed by atoms with van der Waals surface area (Å²) in [7, 11) is -2.16. The lowest BCUT2D eigenvalue weighted by Crippen LogP contribution is -2.48. The van der Waals surface area contributed by atoms with Gasteiger partial charge in [-0.2, -0.15) is 0 Å². The van der Waals surface area contributed by atoms with E-state index in [0.717, 1.165) is 21.7 Å². The predicted molar refractivity (Wildman–Crippen MR) is 184 cm³/mol. The molecule has 1 aromatic carbocycles. The first-order valence-corrected chi connectivity index (χ1v) is 20.5. The average molecular weight is 720 g/mol. The molecule has 12 heteroatoms. The molecule has 2 amide bonds. The van der Waals surface area contributed by atoms with E-state index in [1.54, 1.807) is 22.3 Å². The van der Waals surface area contributed by atoms with Crippen LogP contribution in [0.5, 0.6) is 5.88 Å². The Hall–Kier alpha value is -2.54. The summed E-state index contributed by atoms with van der Waals surface area (Å²) >= 11 is 4.96. The fourth-order valence-corrected chi connectivity index (χ4v) is 7.74. The summed E-state index contributed by atoms with van der Waals surface area (Å²) in [5.41, 5.74) is 4.93. The maximum absolute atomic E-state index is 14.3. The van der Waals surface area contributed by atoms with Crippen molar-refractivity contribution in [3.63, 3.8) is 0 Å². The molecule has 4 rings (SSSR count). The zero-order valence-corrected chi connectivity index (χ0v) is 31.3. The first-order chi connectivity index (χ1) is 21.1. The third kappa shape index (κ3) is 8.25. The van der Waals surface area contributed by atoms with Crippen LogP contribution < -0.4 is 10.1 Å². The maximum atomic E-state index is 14.3. The number of nitrogens with zero attached hydrogens (tertiary/aromatic N) is 3. The molecular weight excluding hydrogens is 672 g/mol. The molecular formula is C33H47BrN4O5SSi. The van der Waals surface area contributed by atoms with Gasteiger partial charge in [0.2, 0.25) is 11.8 Å². The number of rotatable bonds is 12. The van der Waals surface area contributed by atoms with Crippen LogP contribution in [0, 0.1) is 12.8 Å². The van der Waals surface area contributed by atoms with Crippen LogP contribution in [0.25, 0.3) is 10.4 Å². The summed E-state index contributed by atoms with van der Waals surface area (Å²) in [6.45, 7) is 19.7. The second kappa shape index (κ2) is 14.5. The molecule has 0 spiro atoms. The molecule has 2 aromatic heterocycles. The fourth-order valence-electron chi connectivity index (χ4n) is 5.41. The molecule has 0 saturated carbocycles. The minimum Gasteiger partial charge on any atom is -0.475 e. The molecule has 1 aliphatic heterocycles. The van der Waals surface area contributed by atoms with Gasteiger partial charge in [-0.05, 0) is 54.2 Å². The van der Waals surface area contributed by atoms with Crippen molar-refractivity contribution in [1.82, 2.24) is 20.4 Å². The molecule has 246 valence electrons. The summed E-state index contributed by atoms with van der Waals surface area (Å²) < 4.78 is 18.0. The van der Waals surface area contributed by atoms with Crippen LogP contribution in [0.15, 0.2) is 40.4 Å². The lowest BCUT2D eigenvalue weighted by atomic mass is 9.91. The first-order valence-electron chi connectivity index (χ1n) is 15.6. The molecule has 0 radical (unpaired) electrons. The van der Waals surface area contributed by atoms with Crippen LogP contribution in [0.4, 0.5) is 0 Å². The van der Waals surface area contributed by atoms with Crippen molar-refractivity contribution in [1.29, 1.82) is 0 Å². The van der Waals surface area contributed by atoms with E-state index in [1.165, 1.54) is 0 Å². The van der Waals surface area contributed by atoms with E-state index in [1.807, 2.05) is 45.3 Å². The molecule has 45 heavy (non-hydrogen) atoms. The standard InChI is InChI=1S/C33H47BrN4O5SSi/c1-20(2)29(27-17-28(37-42-27)41-15-14-34)32(40)38-18-25(43-45(8,9)33(5,6)7)16-26(38)31(39)36-21(3)23-10-12-24(13-11-23)30-22(4)35-19-44-30/h10-13,17,19-21,25-26,29H,14-16,18H2,1-9H3,(H,36,39)/t21-,25?,26-,29+/m0/s1. The number of amides is 2. The minimum absolute atomic E-state index is 0.00753. The first kappa shape index (κ1) is 35.3. The molecule has 3 aromatic rings. The van der Waals surface area contributed by atoms with E-state index in [-0.39, 0.29) is 34.9 Å². The molecule has 1 fully saturated rings. The van der Waals surface area contributed by atoms with Gasteiger partial charge in [0.1, 0.15) is 12.0 Å². The number of carbonyl (C=O) groups excluding carboxylic acids is 2. The van der Waals surface area contributed by atoms with Crippen LogP contribution in [0.1, 0.15) is 76.9 Å². The van der Waals surface area contributed by atoms with Crippen molar-refractivity contribution in [2.75, 3.05) is 18.5 Å². The Morgan fingerprint density at radius 3 is 2.47 bits per heavy atom. The molecule has 1 N–H and O–H groups in total. The van der Waals surface area contributed by atoms with Gasteiger partial charge in [-0.25, -0.2) is 4.98 Å². The number of nitrogens with one attached hydrogen (secondary N) is 1. The van der Waals surface area contributed by atoms with Crippen molar-refractivity contribution in [3.05, 3.63) is 52.9 Å². The third-order valence-corrected chi connectivity index (χ3v) is 14.8. The van der Waals surface area contributed by atoms with E-state index >= 15 is 0 Å². The van der Waals surface area contributed by atoms with E-state index in [0.29, 0.717) is 36.5 Å². The largest absolute Gasteiger partial charge is 0.475 e. The number of halogens is 1. The summed E-state index contributed by atoms with van der Waals surface area (Å²) in [5, 5.41) is 7.85. The number of hydrogen-bond acceptors (Lipinski definition) is 8. The Kier molecular flexibility index (Phi) is 11.4. The molecule has 4 atom stereocenters. The molecule has 3 heterocycles. The van der Waals surface area contributed by atoms with Gasteiger partial charge in [-0.3, -0.25) is 9.59 Å². The van der Waals surface area contributed by atoms with Gasteiger partial charge >= 0.3 is 0 Å². The second-order valence-electron chi connectivity index (χ2n) is 13.7. The Labute approximate surface area is 280 Å². The number of ether oxygens (including phenoxy) is 1. The van der Waals surface area contributed by atoms with Crippen molar-refractivity contribution in [2.45, 2.75) is 97.1 Å². The molecule has 0 aliphatic carbocycles. The number of aryl methyl sites for hydroxylation is 1. The number of carbonyl (C=O) groups is 2. The molecule has 0 bridgehead atoms. The van der Waals surface area contributed by atoms with Crippen LogP contribution in [-0.4, -0.2) is 65.8 Å². The highest BCUT2D eigenvalue weighted by Crippen LogP contribution is 2.40. The molecule has 1 unspecified atom stereocenters. The van der Waals surface area contributed by atoms with E-state index < -0.39 is 20.3 Å².